The van der Waals surface area contributed by atoms with Gasteiger partial charge in [0.1, 0.15) is 0 Å². The van der Waals surface area contributed by atoms with E-state index in [1.54, 1.807) is 6.92 Å². The number of ether oxygens (including phenoxy) is 1. The molecule has 4 heteroatoms. The van der Waals surface area contributed by atoms with Crippen LogP contribution in [0.2, 0.25) is 0 Å². The maximum absolute atomic E-state index is 12.2. The Balaban J connectivity index is 1.74. The Morgan fingerprint density at radius 1 is 1.19 bits per heavy atom. The van der Waals surface area contributed by atoms with Crippen molar-refractivity contribution >= 4 is 6.09 Å². The van der Waals surface area contributed by atoms with Gasteiger partial charge in [0.05, 0.1) is 0 Å². The van der Waals surface area contributed by atoms with E-state index in [9.17, 15) is 9.90 Å². The van der Waals surface area contributed by atoms with Crippen molar-refractivity contribution in [1.29, 1.82) is 0 Å². The molecule has 1 aliphatic carbocycles. The van der Waals surface area contributed by atoms with E-state index in [-0.39, 0.29) is 6.09 Å². The molecule has 114 valence electrons. The number of carbonyl (C=O) groups is 1. The van der Waals surface area contributed by atoms with E-state index in [0.29, 0.717) is 6.54 Å². The number of nitrogens with zero attached hydrogens (tertiary/aromatic N) is 1. The summed E-state index contributed by atoms with van der Waals surface area (Å²) in [6.45, 7) is 2.21. The lowest BCUT2D eigenvalue weighted by Crippen LogP contribution is -2.57. The standard InChI is InChI=1S/C17H23NO3/c1-16(20)17(11-6-3-7-12-17)21-15(19)18(16)13-10-14-8-4-2-5-9-14/h2,4-5,8-9,20H,3,6-7,10-13H2,1H3/t16-/m1/s1. The number of amides is 1. The summed E-state index contributed by atoms with van der Waals surface area (Å²) < 4.78 is 5.64. The first-order chi connectivity index (χ1) is 10.1. The topological polar surface area (TPSA) is 49.8 Å². The van der Waals surface area contributed by atoms with Gasteiger partial charge in [0.15, 0.2) is 11.3 Å². The minimum Gasteiger partial charge on any atom is -0.438 e. The average Bonchev–Trinajstić information content (AvgIpc) is 2.65. The van der Waals surface area contributed by atoms with E-state index in [1.807, 2.05) is 30.3 Å². The zero-order chi connectivity index (χ0) is 14.9. The lowest BCUT2D eigenvalue weighted by molar-refractivity contribution is -0.158. The van der Waals surface area contributed by atoms with E-state index in [4.69, 9.17) is 4.74 Å². The second-order valence-electron chi connectivity index (χ2n) is 6.33. The molecule has 2 fully saturated rings. The van der Waals surface area contributed by atoms with Crippen molar-refractivity contribution in [3.8, 4) is 0 Å². The van der Waals surface area contributed by atoms with Gasteiger partial charge >= 0.3 is 6.09 Å². The van der Waals surface area contributed by atoms with Crippen molar-refractivity contribution in [2.45, 2.75) is 56.8 Å². The fraction of sp³-hybridized carbons (Fsp3) is 0.588. The van der Waals surface area contributed by atoms with Crippen molar-refractivity contribution in [1.82, 2.24) is 4.90 Å². The van der Waals surface area contributed by atoms with Crippen LogP contribution in [0.1, 0.15) is 44.6 Å². The summed E-state index contributed by atoms with van der Waals surface area (Å²) in [6, 6.07) is 10.0. The molecule has 1 spiro atoms. The Hall–Kier alpha value is -1.55. The zero-order valence-electron chi connectivity index (χ0n) is 12.5. The molecule has 1 heterocycles. The van der Waals surface area contributed by atoms with Crippen LogP contribution in [0.25, 0.3) is 0 Å². The molecule has 1 N–H and O–H groups in total. The summed E-state index contributed by atoms with van der Waals surface area (Å²) in [5.74, 6) is 0. The summed E-state index contributed by atoms with van der Waals surface area (Å²) >= 11 is 0. The van der Waals surface area contributed by atoms with Crippen molar-refractivity contribution in [3.05, 3.63) is 35.9 Å². The average molecular weight is 289 g/mol. The molecule has 0 unspecified atom stereocenters. The molecule has 1 aromatic rings. The largest absolute Gasteiger partial charge is 0.438 e. The van der Waals surface area contributed by atoms with Gasteiger partial charge in [0.2, 0.25) is 0 Å². The quantitative estimate of drug-likeness (QED) is 0.930. The van der Waals surface area contributed by atoms with Crippen LogP contribution in [0.5, 0.6) is 0 Å². The van der Waals surface area contributed by atoms with E-state index in [2.05, 4.69) is 0 Å². The van der Waals surface area contributed by atoms with E-state index >= 15 is 0 Å². The molecular formula is C17H23NO3. The Bertz CT molecular complexity index is 506. The molecule has 4 nitrogen and oxygen atoms in total. The SMILES string of the molecule is C[C@]1(O)N(CCc2ccccc2)C(=O)OC12CCCCC2. The van der Waals surface area contributed by atoms with Gasteiger partial charge in [0.25, 0.3) is 0 Å². The third-order valence-corrected chi connectivity index (χ3v) is 5.02. The minimum absolute atomic E-state index is 0.377. The molecule has 1 saturated carbocycles. The van der Waals surface area contributed by atoms with E-state index in [1.165, 1.54) is 4.90 Å². The van der Waals surface area contributed by atoms with Crippen LogP contribution in [0.15, 0.2) is 30.3 Å². The Kier molecular flexibility index (Phi) is 3.66. The normalized spacial score (nSPS) is 27.9. The molecule has 2 aliphatic rings. The monoisotopic (exact) mass is 289 g/mol. The van der Waals surface area contributed by atoms with Crippen LogP contribution in [-0.2, 0) is 11.2 Å². The smallest absolute Gasteiger partial charge is 0.412 e. The third-order valence-electron chi connectivity index (χ3n) is 5.02. The first-order valence-corrected chi connectivity index (χ1v) is 7.82. The zero-order valence-corrected chi connectivity index (χ0v) is 12.5. The maximum atomic E-state index is 12.2. The molecule has 3 rings (SSSR count). The molecule has 1 amide bonds. The highest BCUT2D eigenvalue weighted by Gasteiger charge is 2.61. The lowest BCUT2D eigenvalue weighted by atomic mass is 9.77. The molecule has 21 heavy (non-hydrogen) atoms. The van der Waals surface area contributed by atoms with Gasteiger partial charge in [-0.15, -0.1) is 0 Å². The van der Waals surface area contributed by atoms with Crippen LogP contribution >= 0.6 is 0 Å². The summed E-state index contributed by atoms with van der Waals surface area (Å²) in [5.41, 5.74) is -0.760. The number of aliphatic hydroxyl groups is 1. The Morgan fingerprint density at radius 3 is 2.52 bits per heavy atom. The van der Waals surface area contributed by atoms with Crippen molar-refractivity contribution in [3.63, 3.8) is 0 Å². The first kappa shape index (κ1) is 14.4. The third kappa shape index (κ3) is 2.42. The number of hydrogen-bond acceptors (Lipinski definition) is 3. The summed E-state index contributed by atoms with van der Waals surface area (Å²) in [7, 11) is 0. The van der Waals surface area contributed by atoms with Gasteiger partial charge in [-0.1, -0.05) is 36.8 Å². The van der Waals surface area contributed by atoms with Gasteiger partial charge < -0.3 is 9.84 Å². The minimum atomic E-state index is -1.21. The highest BCUT2D eigenvalue weighted by Crippen LogP contribution is 2.46. The summed E-state index contributed by atoms with van der Waals surface area (Å²) in [5, 5.41) is 11.0. The summed E-state index contributed by atoms with van der Waals surface area (Å²) in [4.78, 5) is 13.7. The highest BCUT2D eigenvalue weighted by molar-refractivity contribution is 5.72. The number of hydrogen-bond donors (Lipinski definition) is 1. The van der Waals surface area contributed by atoms with Gasteiger partial charge in [0, 0.05) is 6.54 Å². The van der Waals surface area contributed by atoms with Crippen molar-refractivity contribution < 1.29 is 14.6 Å². The lowest BCUT2D eigenvalue weighted by Gasteiger charge is -2.42. The maximum Gasteiger partial charge on any atom is 0.412 e. The van der Waals surface area contributed by atoms with Gasteiger partial charge in [-0.25, -0.2) is 4.79 Å². The first-order valence-electron chi connectivity index (χ1n) is 7.82. The molecule has 0 bridgehead atoms. The van der Waals surface area contributed by atoms with Crippen LogP contribution < -0.4 is 0 Å². The fourth-order valence-electron chi connectivity index (χ4n) is 3.64. The van der Waals surface area contributed by atoms with Crippen LogP contribution in [0, 0.1) is 0 Å². The number of benzene rings is 1. The molecular weight excluding hydrogens is 266 g/mol. The molecule has 1 saturated heterocycles. The van der Waals surface area contributed by atoms with Crippen LogP contribution in [0.3, 0.4) is 0 Å². The fourth-order valence-corrected chi connectivity index (χ4v) is 3.64. The van der Waals surface area contributed by atoms with Crippen molar-refractivity contribution in [2.75, 3.05) is 6.54 Å². The van der Waals surface area contributed by atoms with Crippen molar-refractivity contribution in [2.24, 2.45) is 0 Å². The molecule has 0 aromatic heterocycles. The second kappa shape index (κ2) is 5.34. The van der Waals surface area contributed by atoms with Crippen LogP contribution in [0.4, 0.5) is 4.79 Å². The molecule has 0 radical (unpaired) electrons. The predicted molar refractivity (Wildman–Crippen MR) is 79.8 cm³/mol. The van der Waals surface area contributed by atoms with Crippen LogP contribution in [-0.4, -0.2) is 34.0 Å². The number of rotatable bonds is 3. The van der Waals surface area contributed by atoms with Gasteiger partial charge in [-0.2, -0.15) is 0 Å². The highest BCUT2D eigenvalue weighted by atomic mass is 16.6. The Labute approximate surface area is 125 Å². The Morgan fingerprint density at radius 2 is 1.86 bits per heavy atom. The predicted octanol–water partition coefficient (Wildman–Crippen LogP) is 3.09. The second-order valence-corrected chi connectivity index (χ2v) is 6.33. The van der Waals surface area contributed by atoms with E-state index in [0.717, 1.165) is 44.1 Å². The molecule has 1 aliphatic heterocycles. The summed E-state index contributed by atoms with van der Waals surface area (Å²) in [6.07, 6.45) is 5.03. The molecule has 1 atom stereocenters. The van der Waals surface area contributed by atoms with E-state index < -0.39 is 11.3 Å². The van der Waals surface area contributed by atoms with Gasteiger partial charge in [-0.05, 0) is 44.6 Å². The van der Waals surface area contributed by atoms with Gasteiger partial charge in [-0.3, -0.25) is 4.90 Å². The molecule has 1 aromatic carbocycles. The number of carbonyl (C=O) groups excluding carboxylic acids is 1.